The molecule has 0 heterocycles. The minimum absolute atomic E-state index is 0.168. The van der Waals surface area contributed by atoms with E-state index in [-0.39, 0.29) is 5.91 Å². The van der Waals surface area contributed by atoms with E-state index in [9.17, 15) is 4.79 Å². The van der Waals surface area contributed by atoms with Gasteiger partial charge in [0, 0.05) is 19.3 Å². The quantitative estimate of drug-likeness (QED) is 0.779. The molecule has 82 valence electrons. The van der Waals surface area contributed by atoms with E-state index in [0.717, 1.165) is 11.3 Å². The van der Waals surface area contributed by atoms with Gasteiger partial charge in [-0.15, -0.1) is 0 Å². The summed E-state index contributed by atoms with van der Waals surface area (Å²) < 4.78 is 4.91. The number of hydrogen-bond acceptors (Lipinski definition) is 3. The number of nitrogens with one attached hydrogen (secondary N) is 1. The summed E-state index contributed by atoms with van der Waals surface area (Å²) in [6.45, 7) is 2.10. The minimum atomic E-state index is -0.462. The Bertz CT molecular complexity index is 339. The van der Waals surface area contributed by atoms with Crippen LogP contribution in [-0.2, 0) is 16.1 Å². The van der Waals surface area contributed by atoms with Crippen LogP contribution in [0.4, 0.5) is 5.69 Å². The Balaban J connectivity index is 2.76. The number of anilines is 1. The Morgan fingerprint density at radius 2 is 2.20 bits per heavy atom. The van der Waals surface area contributed by atoms with Crippen molar-refractivity contribution in [3.63, 3.8) is 0 Å². The number of carbonyl (C=O) groups is 1. The van der Waals surface area contributed by atoms with E-state index in [0.29, 0.717) is 6.54 Å². The van der Waals surface area contributed by atoms with Crippen LogP contribution in [0.3, 0.4) is 0 Å². The van der Waals surface area contributed by atoms with Gasteiger partial charge in [0.2, 0.25) is 0 Å². The van der Waals surface area contributed by atoms with Crippen LogP contribution in [0.25, 0.3) is 0 Å². The van der Waals surface area contributed by atoms with E-state index in [1.165, 1.54) is 7.11 Å². The minimum Gasteiger partial charge on any atom is -0.372 e. The van der Waals surface area contributed by atoms with Crippen molar-refractivity contribution in [3.8, 4) is 0 Å². The molecule has 4 nitrogen and oxygen atoms in total. The van der Waals surface area contributed by atoms with Crippen LogP contribution in [0.2, 0.25) is 0 Å². The van der Waals surface area contributed by atoms with Gasteiger partial charge in [0.25, 0.3) is 5.91 Å². The second kappa shape index (κ2) is 5.48. The predicted molar refractivity (Wildman–Crippen MR) is 59.4 cm³/mol. The summed E-state index contributed by atoms with van der Waals surface area (Å²) in [5, 5.41) is 2.77. The maximum atomic E-state index is 11.5. The molecule has 1 atom stereocenters. The molecule has 0 spiro atoms. The summed E-state index contributed by atoms with van der Waals surface area (Å²) >= 11 is 0. The van der Waals surface area contributed by atoms with Gasteiger partial charge in [-0.25, -0.2) is 0 Å². The number of carbonyl (C=O) groups excluding carboxylic acids is 1. The molecule has 4 heteroatoms. The topological polar surface area (TPSA) is 64.3 Å². The maximum Gasteiger partial charge on any atom is 0.253 e. The second-order valence-corrected chi connectivity index (χ2v) is 3.23. The molecule has 0 bridgehead atoms. The molecule has 0 aliphatic heterocycles. The average Bonchev–Trinajstić information content (AvgIpc) is 2.28. The summed E-state index contributed by atoms with van der Waals surface area (Å²) in [6, 6.07) is 7.44. The number of rotatable bonds is 4. The maximum absolute atomic E-state index is 11.5. The van der Waals surface area contributed by atoms with E-state index in [1.54, 1.807) is 6.92 Å². The molecule has 0 aliphatic carbocycles. The number of amides is 1. The van der Waals surface area contributed by atoms with Gasteiger partial charge in [0.15, 0.2) is 0 Å². The van der Waals surface area contributed by atoms with E-state index in [4.69, 9.17) is 10.5 Å². The number of nitrogens with two attached hydrogens (primary N) is 1. The fourth-order valence-electron chi connectivity index (χ4n) is 1.16. The summed E-state index contributed by atoms with van der Waals surface area (Å²) in [5.74, 6) is -0.168. The fraction of sp³-hybridized carbons (Fsp3) is 0.364. The number of hydrogen-bond donors (Lipinski definition) is 2. The number of ether oxygens (including phenoxy) is 1. The largest absolute Gasteiger partial charge is 0.372 e. The zero-order chi connectivity index (χ0) is 11.3. The van der Waals surface area contributed by atoms with Gasteiger partial charge in [-0.05, 0) is 18.6 Å². The van der Waals surface area contributed by atoms with Crippen LogP contribution in [0.5, 0.6) is 0 Å². The second-order valence-electron chi connectivity index (χ2n) is 3.23. The Kier molecular flexibility index (Phi) is 4.27. The molecule has 1 rings (SSSR count). The Morgan fingerprint density at radius 1 is 1.53 bits per heavy atom. The van der Waals surface area contributed by atoms with Crippen molar-refractivity contribution in [2.75, 3.05) is 12.4 Å². The van der Waals surface area contributed by atoms with Gasteiger partial charge >= 0.3 is 0 Å². The summed E-state index contributed by atoms with van der Waals surface area (Å²) in [4.78, 5) is 11.5. The van der Waals surface area contributed by atoms with Crippen LogP contribution in [0, 0.1) is 0 Å². The molecular weight excluding hydrogens is 192 g/mol. The summed E-state index contributed by atoms with van der Waals surface area (Å²) in [7, 11) is 1.50. The zero-order valence-corrected chi connectivity index (χ0v) is 8.99. The number of benzene rings is 1. The first-order valence-electron chi connectivity index (χ1n) is 4.80. The summed E-state index contributed by atoms with van der Waals surface area (Å²) in [5.41, 5.74) is 7.21. The highest BCUT2D eigenvalue weighted by atomic mass is 16.5. The third-order valence-corrected chi connectivity index (χ3v) is 2.22. The molecule has 0 fully saturated rings. The molecule has 1 aromatic rings. The fourth-order valence-corrected chi connectivity index (χ4v) is 1.16. The van der Waals surface area contributed by atoms with Crippen molar-refractivity contribution in [2.24, 2.45) is 5.73 Å². The first-order valence-corrected chi connectivity index (χ1v) is 4.80. The predicted octanol–water partition coefficient (Wildman–Crippen LogP) is 1.12. The number of methoxy groups -OCH3 is 1. The zero-order valence-electron chi connectivity index (χ0n) is 8.99. The lowest BCUT2D eigenvalue weighted by molar-refractivity contribution is -0.124. The Morgan fingerprint density at radius 3 is 2.80 bits per heavy atom. The van der Waals surface area contributed by atoms with Crippen molar-refractivity contribution in [1.29, 1.82) is 0 Å². The highest BCUT2D eigenvalue weighted by Crippen LogP contribution is 2.14. The molecule has 15 heavy (non-hydrogen) atoms. The lowest BCUT2D eigenvalue weighted by Crippen LogP contribution is -2.27. The molecule has 0 saturated carbocycles. The average molecular weight is 208 g/mol. The molecule has 0 saturated heterocycles. The van der Waals surface area contributed by atoms with Crippen molar-refractivity contribution >= 4 is 11.6 Å². The van der Waals surface area contributed by atoms with Crippen LogP contribution >= 0.6 is 0 Å². The van der Waals surface area contributed by atoms with Crippen LogP contribution in [0.15, 0.2) is 24.3 Å². The SMILES string of the molecule is COC(C)C(=O)Nc1ccccc1CN. The molecule has 1 amide bonds. The third kappa shape index (κ3) is 3.04. The lowest BCUT2D eigenvalue weighted by atomic mass is 10.1. The smallest absolute Gasteiger partial charge is 0.253 e. The molecule has 3 N–H and O–H groups in total. The van der Waals surface area contributed by atoms with Crippen LogP contribution in [0.1, 0.15) is 12.5 Å². The van der Waals surface area contributed by atoms with Crippen molar-refractivity contribution in [2.45, 2.75) is 19.6 Å². The first kappa shape index (κ1) is 11.7. The monoisotopic (exact) mass is 208 g/mol. The van der Waals surface area contributed by atoms with Crippen molar-refractivity contribution in [1.82, 2.24) is 0 Å². The van der Waals surface area contributed by atoms with Gasteiger partial charge in [-0.2, -0.15) is 0 Å². The van der Waals surface area contributed by atoms with Gasteiger partial charge in [-0.1, -0.05) is 18.2 Å². The highest BCUT2D eigenvalue weighted by Gasteiger charge is 2.12. The molecule has 0 aromatic heterocycles. The molecular formula is C11H16N2O2. The van der Waals surface area contributed by atoms with E-state index >= 15 is 0 Å². The Hall–Kier alpha value is -1.39. The third-order valence-electron chi connectivity index (χ3n) is 2.22. The standard InChI is InChI=1S/C11H16N2O2/c1-8(15-2)11(14)13-10-6-4-3-5-9(10)7-12/h3-6,8H,7,12H2,1-2H3,(H,13,14). The van der Waals surface area contributed by atoms with Crippen molar-refractivity contribution < 1.29 is 9.53 Å². The van der Waals surface area contributed by atoms with Gasteiger partial charge in [0.1, 0.15) is 6.10 Å². The summed E-state index contributed by atoms with van der Waals surface area (Å²) in [6.07, 6.45) is -0.462. The molecule has 0 radical (unpaired) electrons. The lowest BCUT2D eigenvalue weighted by Gasteiger charge is -2.12. The normalized spacial score (nSPS) is 12.2. The molecule has 0 aliphatic rings. The number of para-hydroxylation sites is 1. The van der Waals surface area contributed by atoms with Gasteiger partial charge in [-0.3, -0.25) is 4.79 Å². The van der Waals surface area contributed by atoms with Gasteiger partial charge < -0.3 is 15.8 Å². The van der Waals surface area contributed by atoms with E-state index in [2.05, 4.69) is 5.32 Å². The molecule has 1 unspecified atom stereocenters. The highest BCUT2D eigenvalue weighted by molar-refractivity contribution is 5.94. The Labute approximate surface area is 89.4 Å². The van der Waals surface area contributed by atoms with Crippen LogP contribution in [-0.4, -0.2) is 19.1 Å². The van der Waals surface area contributed by atoms with Crippen molar-refractivity contribution in [3.05, 3.63) is 29.8 Å². The van der Waals surface area contributed by atoms with Gasteiger partial charge in [0.05, 0.1) is 0 Å². The first-order chi connectivity index (χ1) is 7.19. The molecule has 1 aromatic carbocycles. The van der Waals surface area contributed by atoms with E-state index < -0.39 is 6.10 Å². The van der Waals surface area contributed by atoms with E-state index in [1.807, 2.05) is 24.3 Å². The van der Waals surface area contributed by atoms with Crippen LogP contribution < -0.4 is 11.1 Å².